The van der Waals surface area contributed by atoms with Gasteiger partial charge in [0.25, 0.3) is 0 Å². The average molecular weight is 271 g/mol. The van der Waals surface area contributed by atoms with E-state index in [4.69, 9.17) is 0 Å². The summed E-state index contributed by atoms with van der Waals surface area (Å²) < 4.78 is 0. The minimum Gasteiger partial charge on any atom is -0.373 e. The first-order valence-electron chi connectivity index (χ1n) is 6.79. The molecule has 0 bridgehead atoms. The highest BCUT2D eigenvalue weighted by atomic mass is 15.1. The summed E-state index contributed by atoms with van der Waals surface area (Å²) in [5.41, 5.74) is 3.51. The van der Waals surface area contributed by atoms with Gasteiger partial charge in [-0.2, -0.15) is 0 Å². The van der Waals surface area contributed by atoms with E-state index >= 15 is 0 Å². The molecule has 0 aliphatic carbocycles. The lowest BCUT2D eigenvalue weighted by Crippen LogP contribution is -2.10. The Morgan fingerprint density at radius 2 is 1.95 bits per heavy atom. The van der Waals surface area contributed by atoms with E-state index in [9.17, 15) is 0 Å². The van der Waals surface area contributed by atoms with Crippen LogP contribution < -0.4 is 10.6 Å². The third kappa shape index (κ3) is 3.04. The largest absolute Gasteiger partial charge is 0.373 e. The van der Waals surface area contributed by atoms with Crippen LogP contribution in [0.5, 0.6) is 0 Å². The quantitative estimate of drug-likeness (QED) is 0.875. The van der Waals surface area contributed by atoms with Crippen LogP contribution in [-0.4, -0.2) is 22.0 Å². The standard InChI is InChI=1S/C15H21N5/c1-10(2)13-14(16-4)19-9-20-15(13)18-8-12-5-6-17-7-11(12)3/h5-7,9-10H,8H2,1-4H3,(H2,16,18,19,20). The Labute approximate surface area is 119 Å². The Morgan fingerprint density at radius 3 is 2.60 bits per heavy atom. The number of anilines is 2. The number of hydrogen-bond acceptors (Lipinski definition) is 5. The summed E-state index contributed by atoms with van der Waals surface area (Å²) in [6, 6.07) is 2.03. The molecule has 2 rings (SSSR count). The van der Waals surface area contributed by atoms with Crippen molar-refractivity contribution in [1.82, 2.24) is 15.0 Å². The zero-order valence-corrected chi connectivity index (χ0v) is 12.4. The van der Waals surface area contributed by atoms with Crippen molar-refractivity contribution in [2.45, 2.75) is 33.2 Å². The summed E-state index contributed by atoms with van der Waals surface area (Å²) in [4.78, 5) is 12.8. The van der Waals surface area contributed by atoms with Crippen LogP contribution in [0.2, 0.25) is 0 Å². The summed E-state index contributed by atoms with van der Waals surface area (Å²) in [7, 11) is 1.88. The van der Waals surface area contributed by atoms with Gasteiger partial charge in [-0.1, -0.05) is 13.8 Å². The Hall–Kier alpha value is -2.17. The van der Waals surface area contributed by atoms with Gasteiger partial charge >= 0.3 is 0 Å². The first-order chi connectivity index (χ1) is 9.63. The van der Waals surface area contributed by atoms with Gasteiger partial charge < -0.3 is 10.6 Å². The molecule has 0 aliphatic heterocycles. The van der Waals surface area contributed by atoms with Gasteiger partial charge in [-0.05, 0) is 30.0 Å². The molecular weight excluding hydrogens is 250 g/mol. The second kappa shape index (κ2) is 6.32. The predicted molar refractivity (Wildman–Crippen MR) is 82.0 cm³/mol. The lowest BCUT2D eigenvalue weighted by molar-refractivity contribution is 0.846. The smallest absolute Gasteiger partial charge is 0.135 e. The molecule has 0 saturated heterocycles. The molecule has 2 aromatic rings. The summed E-state index contributed by atoms with van der Waals surface area (Å²) in [6.07, 6.45) is 5.27. The van der Waals surface area contributed by atoms with Crippen molar-refractivity contribution >= 4 is 11.6 Å². The molecule has 5 nitrogen and oxygen atoms in total. The van der Waals surface area contributed by atoms with Crippen LogP contribution in [0.25, 0.3) is 0 Å². The van der Waals surface area contributed by atoms with Crippen LogP contribution >= 0.6 is 0 Å². The van der Waals surface area contributed by atoms with Crippen molar-refractivity contribution in [3.63, 3.8) is 0 Å². The number of hydrogen-bond donors (Lipinski definition) is 2. The SMILES string of the molecule is CNc1ncnc(NCc2ccncc2C)c1C(C)C. The maximum atomic E-state index is 4.38. The van der Waals surface area contributed by atoms with Crippen molar-refractivity contribution < 1.29 is 0 Å². The van der Waals surface area contributed by atoms with E-state index in [1.54, 1.807) is 6.33 Å². The summed E-state index contributed by atoms with van der Waals surface area (Å²) >= 11 is 0. The zero-order chi connectivity index (χ0) is 14.5. The molecule has 20 heavy (non-hydrogen) atoms. The van der Waals surface area contributed by atoms with E-state index in [0.29, 0.717) is 5.92 Å². The number of aromatic nitrogens is 3. The summed E-state index contributed by atoms with van der Waals surface area (Å²) in [6.45, 7) is 7.07. The van der Waals surface area contributed by atoms with E-state index in [-0.39, 0.29) is 0 Å². The third-order valence-corrected chi connectivity index (χ3v) is 3.28. The van der Waals surface area contributed by atoms with Crippen LogP contribution in [-0.2, 0) is 6.54 Å². The number of pyridine rings is 1. The zero-order valence-electron chi connectivity index (χ0n) is 12.4. The highest BCUT2D eigenvalue weighted by Crippen LogP contribution is 2.28. The number of aryl methyl sites for hydroxylation is 1. The number of nitrogens with one attached hydrogen (secondary N) is 2. The lowest BCUT2D eigenvalue weighted by atomic mass is 10.0. The third-order valence-electron chi connectivity index (χ3n) is 3.28. The van der Waals surface area contributed by atoms with Gasteiger partial charge in [0.15, 0.2) is 0 Å². The highest BCUT2D eigenvalue weighted by Gasteiger charge is 2.14. The highest BCUT2D eigenvalue weighted by molar-refractivity contribution is 5.58. The molecule has 0 aromatic carbocycles. The van der Waals surface area contributed by atoms with Crippen LogP contribution in [0.4, 0.5) is 11.6 Å². The molecule has 0 amide bonds. The molecule has 0 atom stereocenters. The van der Waals surface area contributed by atoms with E-state index in [0.717, 1.165) is 23.7 Å². The predicted octanol–water partition coefficient (Wildman–Crippen LogP) is 2.96. The topological polar surface area (TPSA) is 62.7 Å². The van der Waals surface area contributed by atoms with Gasteiger partial charge in [-0.25, -0.2) is 9.97 Å². The van der Waals surface area contributed by atoms with Gasteiger partial charge in [0.2, 0.25) is 0 Å². The molecule has 0 unspecified atom stereocenters. The maximum absolute atomic E-state index is 4.38. The van der Waals surface area contributed by atoms with Crippen LogP contribution in [0, 0.1) is 6.92 Å². The van der Waals surface area contributed by atoms with Gasteiger partial charge in [-0.15, -0.1) is 0 Å². The first kappa shape index (κ1) is 14.2. The molecule has 0 aliphatic rings. The first-order valence-corrected chi connectivity index (χ1v) is 6.79. The van der Waals surface area contributed by atoms with Crippen LogP contribution in [0.1, 0.15) is 36.5 Å². The Balaban J connectivity index is 2.24. The Kier molecular flexibility index (Phi) is 4.50. The fourth-order valence-electron chi connectivity index (χ4n) is 2.16. The van der Waals surface area contributed by atoms with Crippen molar-refractivity contribution in [1.29, 1.82) is 0 Å². The molecule has 0 spiro atoms. The van der Waals surface area contributed by atoms with Gasteiger partial charge in [0.1, 0.15) is 18.0 Å². The molecular formula is C15H21N5. The van der Waals surface area contributed by atoms with Crippen LogP contribution in [0.15, 0.2) is 24.8 Å². The Bertz CT molecular complexity index is 580. The maximum Gasteiger partial charge on any atom is 0.135 e. The van der Waals surface area contributed by atoms with E-state index in [1.807, 2.05) is 25.5 Å². The number of nitrogens with zero attached hydrogens (tertiary/aromatic N) is 3. The van der Waals surface area contributed by atoms with E-state index in [2.05, 4.69) is 46.4 Å². The molecule has 0 radical (unpaired) electrons. The van der Waals surface area contributed by atoms with E-state index < -0.39 is 0 Å². The molecule has 5 heteroatoms. The second-order valence-electron chi connectivity index (χ2n) is 5.04. The molecule has 0 saturated carbocycles. The molecule has 0 fully saturated rings. The fourth-order valence-corrected chi connectivity index (χ4v) is 2.16. The molecule has 2 N–H and O–H groups in total. The molecule has 2 aromatic heterocycles. The van der Waals surface area contributed by atoms with Crippen molar-refractivity contribution in [2.24, 2.45) is 0 Å². The molecule has 2 heterocycles. The van der Waals surface area contributed by atoms with Crippen molar-refractivity contribution in [3.05, 3.63) is 41.5 Å². The Morgan fingerprint density at radius 1 is 1.20 bits per heavy atom. The fraction of sp³-hybridized carbons (Fsp3) is 0.400. The van der Waals surface area contributed by atoms with E-state index in [1.165, 1.54) is 11.1 Å². The van der Waals surface area contributed by atoms with Gasteiger partial charge in [0, 0.05) is 31.5 Å². The van der Waals surface area contributed by atoms with Gasteiger partial charge in [-0.3, -0.25) is 4.98 Å². The summed E-state index contributed by atoms with van der Waals surface area (Å²) in [5.74, 6) is 2.11. The van der Waals surface area contributed by atoms with Crippen LogP contribution in [0.3, 0.4) is 0 Å². The minimum atomic E-state index is 0.347. The van der Waals surface area contributed by atoms with Crippen molar-refractivity contribution in [2.75, 3.05) is 17.7 Å². The lowest BCUT2D eigenvalue weighted by Gasteiger charge is -2.17. The summed E-state index contributed by atoms with van der Waals surface area (Å²) in [5, 5.41) is 6.53. The van der Waals surface area contributed by atoms with Gasteiger partial charge in [0.05, 0.1) is 0 Å². The second-order valence-corrected chi connectivity index (χ2v) is 5.04. The average Bonchev–Trinajstić information content (AvgIpc) is 2.45. The normalized spacial score (nSPS) is 10.7. The van der Waals surface area contributed by atoms with Crippen molar-refractivity contribution in [3.8, 4) is 0 Å². The monoisotopic (exact) mass is 271 g/mol. The molecule has 106 valence electrons. The number of rotatable bonds is 5. The minimum absolute atomic E-state index is 0.347.